The van der Waals surface area contributed by atoms with E-state index in [9.17, 15) is 9.59 Å². The van der Waals surface area contributed by atoms with Gasteiger partial charge in [0.1, 0.15) is 5.75 Å². The minimum Gasteiger partial charge on any atom is -0.469 e. The van der Waals surface area contributed by atoms with Gasteiger partial charge in [-0.15, -0.1) is 11.3 Å². The lowest BCUT2D eigenvalue weighted by atomic mass is 10.1. The largest absolute Gasteiger partial charge is 0.469 e. The van der Waals surface area contributed by atoms with Gasteiger partial charge in [-0.2, -0.15) is 0 Å². The van der Waals surface area contributed by atoms with Gasteiger partial charge in [0.05, 0.1) is 11.1 Å². The highest BCUT2D eigenvalue weighted by Gasteiger charge is 2.39. The van der Waals surface area contributed by atoms with Crippen molar-refractivity contribution in [1.29, 1.82) is 0 Å². The topological polar surface area (TPSA) is 46.6 Å². The highest BCUT2D eigenvalue weighted by atomic mass is 32.1. The molecule has 0 radical (unpaired) electrons. The fourth-order valence-electron chi connectivity index (χ4n) is 2.11. The minimum atomic E-state index is -0.623. The van der Waals surface area contributed by atoms with E-state index in [1.54, 1.807) is 37.3 Å². The number of hydrogen-bond donors (Lipinski definition) is 0. The molecule has 5 heteroatoms. The summed E-state index contributed by atoms with van der Waals surface area (Å²) in [5.74, 6) is 0.0562. The number of carbonyl (C=O) groups is 2. The van der Waals surface area contributed by atoms with Crippen molar-refractivity contribution >= 4 is 23.2 Å². The summed E-state index contributed by atoms with van der Waals surface area (Å²) in [5.41, 5.74) is 0.876. The predicted molar refractivity (Wildman–Crippen MR) is 71.4 cm³/mol. The van der Waals surface area contributed by atoms with Crippen molar-refractivity contribution in [3.05, 3.63) is 52.2 Å². The molecule has 0 fully saturated rings. The van der Waals surface area contributed by atoms with Crippen molar-refractivity contribution in [3.63, 3.8) is 0 Å². The number of ether oxygens (including phenoxy) is 1. The summed E-state index contributed by atoms with van der Waals surface area (Å²) >= 11 is 1.50. The van der Waals surface area contributed by atoms with Gasteiger partial charge in [0.2, 0.25) is 0 Å². The third-order valence-electron chi connectivity index (χ3n) is 2.99. The van der Waals surface area contributed by atoms with Gasteiger partial charge in [0.25, 0.3) is 11.8 Å². The Morgan fingerprint density at radius 2 is 1.74 bits per heavy atom. The zero-order valence-electron chi connectivity index (χ0n) is 10.2. The average Bonchev–Trinajstić information content (AvgIpc) is 2.99. The van der Waals surface area contributed by atoms with Crippen molar-refractivity contribution in [1.82, 2.24) is 4.90 Å². The van der Waals surface area contributed by atoms with Crippen molar-refractivity contribution in [2.24, 2.45) is 0 Å². The summed E-state index contributed by atoms with van der Waals surface area (Å²) in [6.07, 6.45) is -0.623. The number of nitrogens with zero attached hydrogens (tertiary/aromatic N) is 1. The van der Waals surface area contributed by atoms with Gasteiger partial charge in [-0.3, -0.25) is 9.59 Å². The highest BCUT2D eigenvalue weighted by Crippen LogP contribution is 2.26. The van der Waals surface area contributed by atoms with E-state index in [1.807, 2.05) is 10.8 Å². The molecule has 2 aromatic rings. The van der Waals surface area contributed by atoms with E-state index in [0.29, 0.717) is 16.9 Å². The quantitative estimate of drug-likeness (QED) is 0.808. The van der Waals surface area contributed by atoms with E-state index in [4.69, 9.17) is 4.74 Å². The Morgan fingerprint density at radius 3 is 2.26 bits per heavy atom. The Kier molecular flexibility index (Phi) is 2.83. The molecule has 2 amide bonds. The van der Waals surface area contributed by atoms with Crippen LogP contribution in [-0.4, -0.2) is 22.9 Å². The molecule has 0 bridgehead atoms. The van der Waals surface area contributed by atoms with Gasteiger partial charge < -0.3 is 4.74 Å². The van der Waals surface area contributed by atoms with Crippen LogP contribution in [0.3, 0.4) is 0 Å². The van der Waals surface area contributed by atoms with Crippen LogP contribution in [-0.2, 0) is 0 Å². The summed E-state index contributed by atoms with van der Waals surface area (Å²) in [4.78, 5) is 25.6. The lowest BCUT2D eigenvalue weighted by molar-refractivity contribution is 0.0299. The Morgan fingerprint density at radius 1 is 1.11 bits per heavy atom. The van der Waals surface area contributed by atoms with Crippen LogP contribution in [0.5, 0.6) is 5.75 Å². The summed E-state index contributed by atoms with van der Waals surface area (Å²) in [6.45, 7) is 1.69. The fraction of sp³-hybridized carbons (Fsp3) is 0.143. The van der Waals surface area contributed by atoms with E-state index in [2.05, 4.69) is 0 Å². The standard InChI is InChI=1S/C14H11NO3S/c1-9(18-10-6-7-19-8-10)15-13(16)11-4-2-3-5-12(11)14(15)17/h2-9H,1H3. The lowest BCUT2D eigenvalue weighted by Gasteiger charge is -2.22. The van der Waals surface area contributed by atoms with Crippen LogP contribution < -0.4 is 4.74 Å². The molecule has 0 saturated heterocycles. The molecular formula is C14H11NO3S. The molecule has 1 aliphatic heterocycles. The van der Waals surface area contributed by atoms with Crippen molar-refractivity contribution in [2.45, 2.75) is 13.2 Å². The molecule has 1 unspecified atom stereocenters. The first-order valence-corrected chi connectivity index (χ1v) is 6.78. The number of imide groups is 1. The second kappa shape index (κ2) is 4.51. The zero-order valence-corrected chi connectivity index (χ0v) is 11.0. The molecule has 1 atom stereocenters. The van der Waals surface area contributed by atoms with Crippen molar-refractivity contribution < 1.29 is 14.3 Å². The number of carbonyl (C=O) groups excluding carboxylic acids is 2. The van der Waals surface area contributed by atoms with Crippen LogP contribution in [0.25, 0.3) is 0 Å². The lowest BCUT2D eigenvalue weighted by Crippen LogP contribution is -2.41. The first kappa shape index (κ1) is 11.9. The van der Waals surface area contributed by atoms with E-state index in [0.717, 1.165) is 4.90 Å². The molecule has 96 valence electrons. The third-order valence-corrected chi connectivity index (χ3v) is 3.65. The highest BCUT2D eigenvalue weighted by molar-refractivity contribution is 7.08. The Hall–Kier alpha value is -2.14. The van der Waals surface area contributed by atoms with Gasteiger partial charge in [-0.25, -0.2) is 4.90 Å². The van der Waals surface area contributed by atoms with E-state index in [1.165, 1.54) is 11.3 Å². The van der Waals surface area contributed by atoms with E-state index < -0.39 is 6.23 Å². The molecule has 3 rings (SSSR count). The zero-order chi connectivity index (χ0) is 13.4. The number of thiophene rings is 1. The monoisotopic (exact) mass is 273 g/mol. The van der Waals surface area contributed by atoms with Crippen molar-refractivity contribution in [3.8, 4) is 5.75 Å². The first-order valence-electron chi connectivity index (χ1n) is 5.84. The Labute approximate surface area is 114 Å². The van der Waals surface area contributed by atoms with Crippen LogP contribution in [0, 0.1) is 0 Å². The van der Waals surface area contributed by atoms with Crippen LogP contribution in [0.4, 0.5) is 0 Å². The fourth-order valence-corrected chi connectivity index (χ4v) is 2.67. The summed E-state index contributed by atoms with van der Waals surface area (Å²) in [7, 11) is 0. The summed E-state index contributed by atoms with van der Waals surface area (Å²) in [5, 5.41) is 3.71. The van der Waals surface area contributed by atoms with Crippen LogP contribution in [0.1, 0.15) is 27.6 Å². The number of hydrogen-bond acceptors (Lipinski definition) is 4. The summed E-state index contributed by atoms with van der Waals surface area (Å²) < 4.78 is 5.60. The van der Waals surface area contributed by atoms with Crippen LogP contribution >= 0.6 is 11.3 Å². The van der Waals surface area contributed by atoms with Crippen LogP contribution in [0.15, 0.2) is 41.1 Å². The first-order chi connectivity index (χ1) is 9.18. The molecule has 1 aliphatic rings. The Bertz CT molecular complexity index is 601. The molecule has 4 nitrogen and oxygen atoms in total. The third kappa shape index (κ3) is 1.92. The van der Waals surface area contributed by atoms with Gasteiger partial charge in [0, 0.05) is 5.38 Å². The Balaban J connectivity index is 1.87. The van der Waals surface area contributed by atoms with Gasteiger partial charge >= 0.3 is 0 Å². The maximum atomic E-state index is 12.2. The number of fused-ring (bicyclic) bond motifs is 1. The molecule has 19 heavy (non-hydrogen) atoms. The summed E-state index contributed by atoms with van der Waals surface area (Å²) in [6, 6.07) is 8.62. The number of rotatable bonds is 3. The second-order valence-corrected chi connectivity index (χ2v) is 4.98. The molecule has 1 aromatic carbocycles. The average molecular weight is 273 g/mol. The molecule has 1 aromatic heterocycles. The number of benzene rings is 1. The maximum Gasteiger partial charge on any atom is 0.264 e. The molecule has 0 aliphatic carbocycles. The predicted octanol–water partition coefficient (Wildman–Crippen LogP) is 2.77. The normalized spacial score (nSPS) is 15.5. The minimum absolute atomic E-state index is 0.302. The smallest absolute Gasteiger partial charge is 0.264 e. The second-order valence-electron chi connectivity index (χ2n) is 4.20. The maximum absolute atomic E-state index is 12.2. The molecule has 0 saturated carbocycles. The molecular weight excluding hydrogens is 262 g/mol. The number of amides is 2. The van der Waals surface area contributed by atoms with Gasteiger partial charge in [-0.05, 0) is 30.5 Å². The van der Waals surface area contributed by atoms with E-state index >= 15 is 0 Å². The molecule has 0 spiro atoms. The molecule has 0 N–H and O–H groups in total. The van der Waals surface area contributed by atoms with Crippen LogP contribution in [0.2, 0.25) is 0 Å². The molecule has 2 heterocycles. The SMILES string of the molecule is CC(Oc1ccsc1)N1C(=O)c2ccccc2C1=O. The van der Waals surface area contributed by atoms with E-state index in [-0.39, 0.29) is 11.8 Å². The van der Waals surface area contributed by atoms with Gasteiger partial charge in [-0.1, -0.05) is 12.1 Å². The van der Waals surface area contributed by atoms with Crippen molar-refractivity contribution in [2.75, 3.05) is 0 Å². The van der Waals surface area contributed by atoms with Gasteiger partial charge in [0.15, 0.2) is 6.23 Å².